The molecule has 2 aromatic rings. The van der Waals surface area contributed by atoms with Gasteiger partial charge in [-0.1, -0.05) is 11.6 Å². The molecular formula is C22H33N3O. The van der Waals surface area contributed by atoms with E-state index in [1.807, 2.05) is 0 Å². The molecule has 0 aliphatic carbocycles. The summed E-state index contributed by atoms with van der Waals surface area (Å²) in [7, 11) is 2.21. The number of fused-ring (bicyclic) bond motifs is 1. The highest BCUT2D eigenvalue weighted by molar-refractivity contribution is 5.82. The second kappa shape index (κ2) is 7.71. The highest BCUT2D eigenvalue weighted by Crippen LogP contribution is 2.27. The van der Waals surface area contributed by atoms with Crippen molar-refractivity contribution in [3.8, 4) is 0 Å². The third kappa shape index (κ3) is 3.68. The van der Waals surface area contributed by atoms with Gasteiger partial charge in [0.05, 0.1) is 13.2 Å². The summed E-state index contributed by atoms with van der Waals surface area (Å²) in [6.07, 6.45) is 2.64. The average Bonchev–Trinajstić information content (AvgIpc) is 2.97. The number of piperidine rings is 1. The van der Waals surface area contributed by atoms with Gasteiger partial charge in [-0.2, -0.15) is 0 Å². The zero-order chi connectivity index (χ0) is 18.1. The topological polar surface area (TPSA) is 20.6 Å². The lowest BCUT2D eigenvalue weighted by Gasteiger charge is -2.41. The zero-order valence-corrected chi connectivity index (χ0v) is 16.6. The summed E-state index contributed by atoms with van der Waals surface area (Å²) >= 11 is 0. The minimum absolute atomic E-state index is 0.696. The maximum absolute atomic E-state index is 5.51. The monoisotopic (exact) mass is 355 g/mol. The third-order valence-corrected chi connectivity index (χ3v) is 6.62. The van der Waals surface area contributed by atoms with Crippen LogP contribution in [0.25, 0.3) is 10.9 Å². The van der Waals surface area contributed by atoms with Crippen LogP contribution in [0.4, 0.5) is 0 Å². The number of aryl methyl sites for hydroxylation is 2. The van der Waals surface area contributed by atoms with Crippen LogP contribution in [-0.4, -0.2) is 59.8 Å². The molecule has 2 aliphatic rings. The standard InChI is InChI=1S/C22H33N3O/c1-17-4-5-22-20(14-17)15-21(23(22)3)16-24-8-6-19(7-9-24)18(2)25-10-12-26-13-11-25/h4-5,14-15,18-19H,6-13,16H2,1-3H3/t18-/m0/s1. The van der Waals surface area contributed by atoms with Gasteiger partial charge < -0.3 is 9.30 Å². The summed E-state index contributed by atoms with van der Waals surface area (Å²) in [5.41, 5.74) is 4.12. The molecular weight excluding hydrogens is 322 g/mol. The van der Waals surface area contributed by atoms with Crippen LogP contribution in [0.5, 0.6) is 0 Å². The highest BCUT2D eigenvalue weighted by atomic mass is 16.5. The van der Waals surface area contributed by atoms with Gasteiger partial charge in [0.25, 0.3) is 0 Å². The fraction of sp³-hybridized carbons (Fsp3) is 0.636. The molecule has 1 aromatic carbocycles. The fourth-order valence-electron chi connectivity index (χ4n) is 4.78. The van der Waals surface area contributed by atoms with E-state index < -0.39 is 0 Å². The first-order valence-electron chi connectivity index (χ1n) is 10.2. The van der Waals surface area contributed by atoms with E-state index in [1.165, 1.54) is 48.1 Å². The van der Waals surface area contributed by atoms with Crippen LogP contribution in [0.3, 0.4) is 0 Å². The molecule has 0 bridgehead atoms. The molecule has 4 rings (SSSR count). The fourth-order valence-corrected chi connectivity index (χ4v) is 4.78. The molecule has 2 fully saturated rings. The highest BCUT2D eigenvalue weighted by Gasteiger charge is 2.28. The Kier molecular flexibility index (Phi) is 5.35. The number of hydrogen-bond acceptors (Lipinski definition) is 3. The number of nitrogens with zero attached hydrogens (tertiary/aromatic N) is 3. The molecule has 4 nitrogen and oxygen atoms in total. The summed E-state index contributed by atoms with van der Waals surface area (Å²) in [5, 5.41) is 1.37. The number of hydrogen-bond donors (Lipinski definition) is 0. The number of likely N-dealkylation sites (tertiary alicyclic amines) is 1. The average molecular weight is 356 g/mol. The van der Waals surface area contributed by atoms with E-state index in [2.05, 4.69) is 59.5 Å². The molecule has 0 radical (unpaired) electrons. The second-order valence-electron chi connectivity index (χ2n) is 8.26. The van der Waals surface area contributed by atoms with E-state index in [9.17, 15) is 0 Å². The van der Waals surface area contributed by atoms with Crippen molar-refractivity contribution < 1.29 is 4.74 Å². The van der Waals surface area contributed by atoms with Gasteiger partial charge in [-0.25, -0.2) is 0 Å². The van der Waals surface area contributed by atoms with Crippen molar-refractivity contribution in [2.45, 2.75) is 39.3 Å². The van der Waals surface area contributed by atoms with Gasteiger partial charge >= 0.3 is 0 Å². The minimum atomic E-state index is 0.696. The van der Waals surface area contributed by atoms with Gasteiger partial charge in [-0.05, 0) is 63.9 Å². The van der Waals surface area contributed by atoms with Crippen molar-refractivity contribution >= 4 is 10.9 Å². The third-order valence-electron chi connectivity index (χ3n) is 6.62. The normalized spacial score (nSPS) is 22.1. The molecule has 2 saturated heterocycles. The number of rotatable bonds is 4. The summed E-state index contributed by atoms with van der Waals surface area (Å²) in [6.45, 7) is 12.1. The maximum Gasteiger partial charge on any atom is 0.0594 e. The van der Waals surface area contributed by atoms with E-state index >= 15 is 0 Å². The molecule has 2 aliphatic heterocycles. The molecule has 26 heavy (non-hydrogen) atoms. The maximum atomic E-state index is 5.51. The predicted molar refractivity (Wildman–Crippen MR) is 108 cm³/mol. The first-order chi connectivity index (χ1) is 12.6. The van der Waals surface area contributed by atoms with E-state index in [4.69, 9.17) is 4.74 Å². The Morgan fingerprint density at radius 1 is 1.08 bits per heavy atom. The van der Waals surface area contributed by atoms with Crippen LogP contribution in [0.1, 0.15) is 31.0 Å². The predicted octanol–water partition coefficient (Wildman–Crippen LogP) is 3.42. The first kappa shape index (κ1) is 18.0. The first-order valence-corrected chi connectivity index (χ1v) is 10.2. The summed E-state index contributed by atoms with van der Waals surface area (Å²) in [6, 6.07) is 9.84. The Labute approximate surface area is 157 Å². The van der Waals surface area contributed by atoms with Crippen LogP contribution >= 0.6 is 0 Å². The van der Waals surface area contributed by atoms with Crippen molar-refractivity contribution in [3.63, 3.8) is 0 Å². The van der Waals surface area contributed by atoms with Crippen LogP contribution in [0.15, 0.2) is 24.3 Å². The summed E-state index contributed by atoms with van der Waals surface area (Å²) in [4.78, 5) is 5.28. The summed E-state index contributed by atoms with van der Waals surface area (Å²) in [5.74, 6) is 0.833. The SMILES string of the molecule is Cc1ccc2c(c1)cc(CN1CCC([C@H](C)N3CCOCC3)CC1)n2C. The van der Waals surface area contributed by atoms with Crippen molar-refractivity contribution in [1.29, 1.82) is 0 Å². The second-order valence-corrected chi connectivity index (χ2v) is 8.26. The molecule has 0 amide bonds. The Morgan fingerprint density at radius 3 is 2.54 bits per heavy atom. The van der Waals surface area contributed by atoms with Crippen molar-refractivity contribution in [1.82, 2.24) is 14.4 Å². The van der Waals surface area contributed by atoms with Gasteiger partial charge in [0.2, 0.25) is 0 Å². The van der Waals surface area contributed by atoms with Crippen LogP contribution in [0, 0.1) is 12.8 Å². The number of benzene rings is 1. The van der Waals surface area contributed by atoms with Crippen molar-refractivity contribution in [2.75, 3.05) is 39.4 Å². The van der Waals surface area contributed by atoms with E-state index in [1.54, 1.807) is 0 Å². The van der Waals surface area contributed by atoms with Crippen LogP contribution in [0.2, 0.25) is 0 Å². The summed E-state index contributed by atoms with van der Waals surface area (Å²) < 4.78 is 7.88. The molecule has 0 saturated carbocycles. The van der Waals surface area contributed by atoms with Crippen LogP contribution < -0.4 is 0 Å². The molecule has 0 N–H and O–H groups in total. The number of morpholine rings is 1. The van der Waals surface area contributed by atoms with E-state index in [0.717, 1.165) is 38.8 Å². The van der Waals surface area contributed by atoms with Gasteiger partial charge in [-0.15, -0.1) is 0 Å². The van der Waals surface area contributed by atoms with E-state index in [-0.39, 0.29) is 0 Å². The Bertz CT molecular complexity index is 739. The lowest BCUT2D eigenvalue weighted by atomic mass is 9.89. The van der Waals surface area contributed by atoms with Crippen molar-refractivity contribution in [2.24, 2.45) is 13.0 Å². The Hall–Kier alpha value is -1.36. The quantitative estimate of drug-likeness (QED) is 0.838. The molecule has 1 atom stereocenters. The van der Waals surface area contributed by atoms with Gasteiger partial charge in [0.1, 0.15) is 0 Å². The largest absolute Gasteiger partial charge is 0.379 e. The Balaban J connectivity index is 1.36. The molecule has 4 heteroatoms. The lowest BCUT2D eigenvalue weighted by molar-refractivity contribution is -0.00201. The molecule has 0 unspecified atom stereocenters. The van der Waals surface area contributed by atoms with Gasteiger partial charge in [0.15, 0.2) is 0 Å². The number of aromatic nitrogens is 1. The van der Waals surface area contributed by atoms with Gasteiger partial charge in [-0.3, -0.25) is 9.80 Å². The zero-order valence-electron chi connectivity index (χ0n) is 16.6. The minimum Gasteiger partial charge on any atom is -0.379 e. The molecule has 142 valence electrons. The van der Waals surface area contributed by atoms with E-state index in [0.29, 0.717) is 6.04 Å². The van der Waals surface area contributed by atoms with Gasteiger partial charge in [0, 0.05) is 49.3 Å². The Morgan fingerprint density at radius 2 is 1.81 bits per heavy atom. The molecule has 1 aromatic heterocycles. The molecule has 3 heterocycles. The number of ether oxygens (including phenoxy) is 1. The van der Waals surface area contributed by atoms with Crippen LogP contribution in [-0.2, 0) is 18.3 Å². The smallest absolute Gasteiger partial charge is 0.0594 e. The van der Waals surface area contributed by atoms with Crippen molar-refractivity contribution in [3.05, 3.63) is 35.5 Å². The molecule has 0 spiro atoms. The lowest BCUT2D eigenvalue weighted by Crippen LogP contribution is -2.48.